The fraction of sp³-hybridized carbons (Fsp3) is 0.167. The number of ether oxygens (including phenoxy) is 1. The molecule has 0 saturated heterocycles. The minimum Gasteiger partial charge on any atom is -0.494 e. The Morgan fingerprint density at radius 3 is 2.46 bits per heavy atom. The lowest BCUT2D eigenvalue weighted by atomic mass is 10.2. The molecule has 2 amide bonds. The van der Waals surface area contributed by atoms with Crippen LogP contribution in [0.15, 0.2) is 59.7 Å². The summed E-state index contributed by atoms with van der Waals surface area (Å²) in [6, 6.07) is 16.1. The maximum Gasteiger partial charge on any atom is 0.259 e. The third-order valence-electron chi connectivity index (χ3n) is 3.04. The van der Waals surface area contributed by atoms with E-state index in [-0.39, 0.29) is 12.5 Å². The van der Waals surface area contributed by atoms with Gasteiger partial charge in [-0.05, 0) is 36.8 Å². The smallest absolute Gasteiger partial charge is 0.259 e. The molecule has 6 nitrogen and oxygen atoms in total. The average molecular weight is 325 g/mol. The number of carbonyl (C=O) groups is 2. The van der Waals surface area contributed by atoms with E-state index < -0.39 is 5.91 Å². The summed E-state index contributed by atoms with van der Waals surface area (Å²) in [7, 11) is 0. The van der Waals surface area contributed by atoms with Gasteiger partial charge in [0.25, 0.3) is 11.8 Å². The van der Waals surface area contributed by atoms with Crippen molar-refractivity contribution in [1.29, 1.82) is 0 Å². The summed E-state index contributed by atoms with van der Waals surface area (Å²) in [6.07, 6.45) is 1.53. The molecular weight excluding hydrogens is 306 g/mol. The molecule has 6 heteroatoms. The van der Waals surface area contributed by atoms with Crippen molar-refractivity contribution in [2.75, 3.05) is 13.2 Å². The lowest BCUT2D eigenvalue weighted by Crippen LogP contribution is -2.34. The highest BCUT2D eigenvalue weighted by atomic mass is 16.5. The maximum atomic E-state index is 11.9. The topological polar surface area (TPSA) is 79.8 Å². The summed E-state index contributed by atoms with van der Waals surface area (Å²) in [5.74, 6) is -0.0382. The summed E-state index contributed by atoms with van der Waals surface area (Å²) < 4.78 is 5.31. The number of nitrogens with zero attached hydrogens (tertiary/aromatic N) is 1. The second kappa shape index (κ2) is 9.09. The highest BCUT2D eigenvalue weighted by Crippen LogP contribution is 2.11. The number of carbonyl (C=O) groups excluding carboxylic acids is 2. The Bertz CT molecular complexity index is 697. The van der Waals surface area contributed by atoms with Crippen molar-refractivity contribution in [2.45, 2.75) is 6.92 Å². The zero-order valence-corrected chi connectivity index (χ0v) is 13.4. The molecule has 2 rings (SSSR count). The quantitative estimate of drug-likeness (QED) is 0.603. The Balaban J connectivity index is 1.76. The van der Waals surface area contributed by atoms with Gasteiger partial charge in [0.2, 0.25) is 0 Å². The monoisotopic (exact) mass is 325 g/mol. The van der Waals surface area contributed by atoms with Crippen LogP contribution >= 0.6 is 0 Å². The summed E-state index contributed by atoms with van der Waals surface area (Å²) in [6.45, 7) is 2.30. The third-order valence-corrected chi connectivity index (χ3v) is 3.04. The SMILES string of the molecule is CCOc1ccc(C(=O)NCC(=O)NN=Cc2ccccc2)cc1. The Morgan fingerprint density at radius 2 is 1.79 bits per heavy atom. The van der Waals surface area contributed by atoms with Gasteiger partial charge in [0.15, 0.2) is 0 Å². The molecule has 0 heterocycles. The first kappa shape index (κ1) is 17.2. The van der Waals surface area contributed by atoms with Gasteiger partial charge in [-0.25, -0.2) is 5.43 Å². The van der Waals surface area contributed by atoms with Crippen molar-refractivity contribution in [1.82, 2.24) is 10.7 Å². The molecule has 0 aromatic heterocycles. The molecule has 0 fully saturated rings. The van der Waals surface area contributed by atoms with E-state index in [1.807, 2.05) is 37.3 Å². The Hall–Kier alpha value is -3.15. The van der Waals surface area contributed by atoms with Crippen LogP contribution in [0.1, 0.15) is 22.8 Å². The Morgan fingerprint density at radius 1 is 1.08 bits per heavy atom. The van der Waals surface area contributed by atoms with Crippen LogP contribution in [-0.4, -0.2) is 31.2 Å². The van der Waals surface area contributed by atoms with Crippen molar-refractivity contribution in [3.05, 3.63) is 65.7 Å². The lowest BCUT2D eigenvalue weighted by molar-refractivity contribution is -0.120. The molecule has 0 radical (unpaired) electrons. The lowest BCUT2D eigenvalue weighted by Gasteiger charge is -2.06. The molecule has 24 heavy (non-hydrogen) atoms. The predicted octanol–water partition coefficient (Wildman–Crippen LogP) is 1.97. The van der Waals surface area contributed by atoms with E-state index in [0.717, 1.165) is 5.56 Å². The number of hydrogen-bond donors (Lipinski definition) is 2. The molecule has 0 aliphatic carbocycles. The number of amides is 2. The molecule has 0 aliphatic heterocycles. The van der Waals surface area contributed by atoms with Crippen molar-refractivity contribution < 1.29 is 14.3 Å². The van der Waals surface area contributed by atoms with E-state index in [0.29, 0.717) is 17.9 Å². The van der Waals surface area contributed by atoms with Crippen LogP contribution < -0.4 is 15.5 Å². The largest absolute Gasteiger partial charge is 0.494 e. The first-order chi connectivity index (χ1) is 11.7. The van der Waals surface area contributed by atoms with E-state index in [1.54, 1.807) is 24.3 Å². The van der Waals surface area contributed by atoms with Crippen molar-refractivity contribution in [3.8, 4) is 5.75 Å². The highest BCUT2D eigenvalue weighted by molar-refractivity contribution is 5.96. The molecule has 0 unspecified atom stereocenters. The van der Waals surface area contributed by atoms with Crippen molar-refractivity contribution in [3.63, 3.8) is 0 Å². The van der Waals surface area contributed by atoms with Gasteiger partial charge in [0.1, 0.15) is 5.75 Å². The molecule has 0 spiro atoms. The van der Waals surface area contributed by atoms with Gasteiger partial charge in [0.05, 0.1) is 19.4 Å². The van der Waals surface area contributed by atoms with E-state index in [4.69, 9.17) is 4.74 Å². The van der Waals surface area contributed by atoms with Crippen LogP contribution in [0.2, 0.25) is 0 Å². The van der Waals surface area contributed by atoms with Gasteiger partial charge in [0, 0.05) is 5.56 Å². The van der Waals surface area contributed by atoms with Crippen LogP contribution in [0.5, 0.6) is 5.75 Å². The zero-order valence-electron chi connectivity index (χ0n) is 13.4. The fourth-order valence-electron chi connectivity index (χ4n) is 1.89. The average Bonchev–Trinajstić information content (AvgIpc) is 2.61. The summed E-state index contributed by atoms with van der Waals surface area (Å²) in [4.78, 5) is 23.6. The van der Waals surface area contributed by atoms with Crippen LogP contribution in [0.25, 0.3) is 0 Å². The molecular formula is C18H19N3O3. The Kier molecular flexibility index (Phi) is 6.52. The van der Waals surface area contributed by atoms with E-state index >= 15 is 0 Å². The minimum atomic E-state index is -0.401. The molecule has 2 aromatic carbocycles. The first-order valence-corrected chi connectivity index (χ1v) is 7.57. The fourth-order valence-corrected chi connectivity index (χ4v) is 1.89. The van der Waals surface area contributed by atoms with Crippen LogP contribution in [0, 0.1) is 0 Å². The summed E-state index contributed by atoms with van der Waals surface area (Å²) in [5.41, 5.74) is 3.69. The number of rotatable bonds is 7. The summed E-state index contributed by atoms with van der Waals surface area (Å²) in [5, 5.41) is 6.37. The number of hydrazone groups is 1. The maximum absolute atomic E-state index is 11.9. The number of benzene rings is 2. The molecule has 0 bridgehead atoms. The van der Waals surface area contributed by atoms with E-state index in [1.165, 1.54) is 6.21 Å². The first-order valence-electron chi connectivity index (χ1n) is 7.57. The van der Waals surface area contributed by atoms with Gasteiger partial charge in [-0.15, -0.1) is 0 Å². The highest BCUT2D eigenvalue weighted by Gasteiger charge is 2.07. The zero-order chi connectivity index (χ0) is 17.2. The molecule has 0 saturated carbocycles. The van der Waals surface area contributed by atoms with Gasteiger partial charge >= 0.3 is 0 Å². The number of hydrogen-bond acceptors (Lipinski definition) is 4. The van der Waals surface area contributed by atoms with Gasteiger partial charge < -0.3 is 10.1 Å². The van der Waals surface area contributed by atoms with E-state index in [9.17, 15) is 9.59 Å². The molecule has 0 atom stereocenters. The van der Waals surface area contributed by atoms with Crippen molar-refractivity contribution >= 4 is 18.0 Å². The van der Waals surface area contributed by atoms with Gasteiger partial charge in [-0.2, -0.15) is 5.10 Å². The van der Waals surface area contributed by atoms with Crippen LogP contribution in [-0.2, 0) is 4.79 Å². The summed E-state index contributed by atoms with van der Waals surface area (Å²) >= 11 is 0. The van der Waals surface area contributed by atoms with Gasteiger partial charge in [-0.3, -0.25) is 9.59 Å². The molecule has 2 N–H and O–H groups in total. The normalized spacial score (nSPS) is 10.4. The minimum absolute atomic E-state index is 0.155. The predicted molar refractivity (Wildman–Crippen MR) is 92.1 cm³/mol. The second-order valence-corrected chi connectivity index (χ2v) is 4.84. The molecule has 124 valence electrons. The van der Waals surface area contributed by atoms with Crippen molar-refractivity contribution in [2.24, 2.45) is 5.10 Å². The Labute approximate surface area is 140 Å². The molecule has 2 aromatic rings. The van der Waals surface area contributed by atoms with Crippen LogP contribution in [0.3, 0.4) is 0 Å². The van der Waals surface area contributed by atoms with E-state index in [2.05, 4.69) is 15.8 Å². The standard InChI is InChI=1S/C18H19N3O3/c1-2-24-16-10-8-15(9-11-16)18(23)19-13-17(22)21-20-12-14-6-4-3-5-7-14/h3-12H,2,13H2,1H3,(H,19,23)(H,21,22). The third kappa shape index (κ3) is 5.57. The van der Waals surface area contributed by atoms with Gasteiger partial charge in [-0.1, -0.05) is 30.3 Å². The second-order valence-electron chi connectivity index (χ2n) is 4.84. The molecule has 0 aliphatic rings. The van der Waals surface area contributed by atoms with Crippen LogP contribution in [0.4, 0.5) is 0 Å². The number of nitrogens with one attached hydrogen (secondary N) is 2.